The molecular formula is C15H19N3O2. The van der Waals surface area contributed by atoms with Gasteiger partial charge in [-0.2, -0.15) is 5.10 Å². The maximum atomic E-state index is 5.55. The van der Waals surface area contributed by atoms with Gasteiger partial charge in [0, 0.05) is 13.0 Å². The van der Waals surface area contributed by atoms with Crippen molar-refractivity contribution in [1.29, 1.82) is 0 Å². The Morgan fingerprint density at radius 3 is 2.95 bits per heavy atom. The molecule has 0 fully saturated rings. The summed E-state index contributed by atoms with van der Waals surface area (Å²) in [7, 11) is 0. The zero-order valence-corrected chi connectivity index (χ0v) is 11.5. The molecule has 2 heterocycles. The Balaban J connectivity index is 1.62. The van der Waals surface area contributed by atoms with Crippen molar-refractivity contribution in [2.75, 3.05) is 19.8 Å². The molecule has 0 spiro atoms. The van der Waals surface area contributed by atoms with Gasteiger partial charge in [0.25, 0.3) is 0 Å². The highest BCUT2D eigenvalue weighted by molar-refractivity contribution is 5.85. The number of aliphatic imine (C=N–C) groups is 1. The number of rotatable bonds is 2. The molecule has 0 bridgehead atoms. The van der Waals surface area contributed by atoms with E-state index in [9.17, 15) is 0 Å². The molecule has 0 saturated heterocycles. The first-order chi connectivity index (χ1) is 9.92. The standard InChI is InChI=1S/C15H19N3O2/c1-2-4-15(16-7-3-1)18-17-11-12-5-6-13-14(10-12)20-9-8-19-13/h5-6,10-11H,1-4,7-9H2,(H,16,18)/b17-11-. The average molecular weight is 273 g/mol. The number of hydrogen-bond donors (Lipinski definition) is 1. The number of fused-ring (bicyclic) bond motifs is 1. The van der Waals surface area contributed by atoms with Gasteiger partial charge in [-0.3, -0.25) is 10.4 Å². The summed E-state index contributed by atoms with van der Waals surface area (Å²) in [6.07, 6.45) is 6.38. The fourth-order valence-electron chi connectivity index (χ4n) is 2.29. The van der Waals surface area contributed by atoms with Crippen LogP contribution in [0.3, 0.4) is 0 Å². The van der Waals surface area contributed by atoms with Gasteiger partial charge in [0.2, 0.25) is 0 Å². The van der Waals surface area contributed by atoms with E-state index in [-0.39, 0.29) is 0 Å². The van der Waals surface area contributed by atoms with Crippen LogP contribution in [0.15, 0.2) is 28.3 Å². The van der Waals surface area contributed by atoms with Gasteiger partial charge in [0.05, 0.1) is 6.21 Å². The number of ether oxygens (including phenoxy) is 2. The molecule has 1 aromatic rings. The highest BCUT2D eigenvalue weighted by Gasteiger charge is 2.10. The second-order valence-corrected chi connectivity index (χ2v) is 4.91. The lowest BCUT2D eigenvalue weighted by Crippen LogP contribution is -2.17. The van der Waals surface area contributed by atoms with Crippen molar-refractivity contribution in [3.8, 4) is 11.5 Å². The molecule has 2 aliphatic rings. The second-order valence-electron chi connectivity index (χ2n) is 4.91. The van der Waals surface area contributed by atoms with E-state index in [1.54, 1.807) is 6.21 Å². The van der Waals surface area contributed by atoms with E-state index >= 15 is 0 Å². The molecule has 3 rings (SSSR count). The van der Waals surface area contributed by atoms with Gasteiger partial charge in [-0.25, -0.2) is 0 Å². The minimum Gasteiger partial charge on any atom is -0.486 e. The van der Waals surface area contributed by atoms with Crippen LogP contribution in [-0.2, 0) is 0 Å². The molecule has 2 aliphatic heterocycles. The summed E-state index contributed by atoms with van der Waals surface area (Å²) < 4.78 is 11.0. The summed E-state index contributed by atoms with van der Waals surface area (Å²) in [5.41, 5.74) is 4.02. The predicted octanol–water partition coefficient (Wildman–Crippen LogP) is 2.35. The first-order valence-electron chi connectivity index (χ1n) is 7.14. The van der Waals surface area contributed by atoms with E-state index in [0.29, 0.717) is 13.2 Å². The highest BCUT2D eigenvalue weighted by atomic mass is 16.6. The Kier molecular flexibility index (Phi) is 4.16. The first-order valence-corrected chi connectivity index (χ1v) is 7.14. The minimum absolute atomic E-state index is 0.600. The van der Waals surface area contributed by atoms with Crippen molar-refractivity contribution in [3.05, 3.63) is 23.8 Å². The molecular weight excluding hydrogens is 254 g/mol. The van der Waals surface area contributed by atoms with Gasteiger partial charge < -0.3 is 9.47 Å². The molecule has 0 atom stereocenters. The first kappa shape index (κ1) is 13.0. The van der Waals surface area contributed by atoms with E-state index in [1.165, 1.54) is 19.3 Å². The summed E-state index contributed by atoms with van der Waals surface area (Å²) in [5.74, 6) is 2.57. The topological polar surface area (TPSA) is 55.2 Å². The quantitative estimate of drug-likeness (QED) is 0.664. The van der Waals surface area contributed by atoms with Gasteiger partial charge in [-0.15, -0.1) is 0 Å². The van der Waals surface area contributed by atoms with Crippen LogP contribution >= 0.6 is 0 Å². The van der Waals surface area contributed by atoms with Crippen LogP contribution in [0.5, 0.6) is 11.5 Å². The number of hydrazone groups is 1. The highest BCUT2D eigenvalue weighted by Crippen LogP contribution is 2.30. The number of amidine groups is 1. The zero-order chi connectivity index (χ0) is 13.6. The summed E-state index contributed by atoms with van der Waals surface area (Å²) in [4.78, 5) is 4.47. The second kappa shape index (κ2) is 6.41. The molecule has 5 nitrogen and oxygen atoms in total. The Morgan fingerprint density at radius 1 is 1.10 bits per heavy atom. The van der Waals surface area contributed by atoms with Crippen molar-refractivity contribution in [2.24, 2.45) is 10.1 Å². The van der Waals surface area contributed by atoms with Crippen LogP contribution in [0.4, 0.5) is 0 Å². The van der Waals surface area contributed by atoms with Gasteiger partial charge in [-0.05, 0) is 36.6 Å². The monoisotopic (exact) mass is 273 g/mol. The number of hydrogen-bond acceptors (Lipinski definition) is 5. The Hall–Kier alpha value is -2.04. The van der Waals surface area contributed by atoms with Crippen molar-refractivity contribution >= 4 is 12.1 Å². The molecule has 106 valence electrons. The van der Waals surface area contributed by atoms with Gasteiger partial charge in [-0.1, -0.05) is 6.42 Å². The van der Waals surface area contributed by atoms with Gasteiger partial charge in [0.1, 0.15) is 19.0 Å². The van der Waals surface area contributed by atoms with Crippen LogP contribution < -0.4 is 14.9 Å². The third-order valence-corrected chi connectivity index (χ3v) is 3.35. The third-order valence-electron chi connectivity index (χ3n) is 3.35. The smallest absolute Gasteiger partial charge is 0.162 e. The zero-order valence-electron chi connectivity index (χ0n) is 11.5. The lowest BCUT2D eigenvalue weighted by molar-refractivity contribution is 0.171. The third kappa shape index (κ3) is 3.29. The molecule has 0 unspecified atom stereocenters. The van der Waals surface area contributed by atoms with Crippen LogP contribution in [0, 0.1) is 0 Å². The van der Waals surface area contributed by atoms with E-state index in [2.05, 4.69) is 15.5 Å². The number of nitrogens with zero attached hydrogens (tertiary/aromatic N) is 2. The van der Waals surface area contributed by atoms with Gasteiger partial charge in [0.15, 0.2) is 11.5 Å². The van der Waals surface area contributed by atoms with E-state index in [0.717, 1.165) is 35.9 Å². The molecule has 0 saturated carbocycles. The average Bonchev–Trinajstić information content (AvgIpc) is 2.76. The normalized spacial score (nSPS) is 18.5. The lowest BCUT2D eigenvalue weighted by atomic mass is 10.2. The maximum absolute atomic E-state index is 5.55. The largest absolute Gasteiger partial charge is 0.486 e. The molecule has 0 radical (unpaired) electrons. The van der Waals surface area contributed by atoms with Crippen LogP contribution in [0.2, 0.25) is 0 Å². The van der Waals surface area contributed by atoms with Crippen molar-refractivity contribution in [1.82, 2.24) is 5.43 Å². The minimum atomic E-state index is 0.600. The fraction of sp³-hybridized carbons (Fsp3) is 0.467. The predicted molar refractivity (Wildman–Crippen MR) is 78.9 cm³/mol. The van der Waals surface area contributed by atoms with E-state index < -0.39 is 0 Å². The molecule has 0 aliphatic carbocycles. The summed E-state index contributed by atoms with van der Waals surface area (Å²) in [5, 5.41) is 4.25. The Bertz CT molecular complexity index is 526. The Morgan fingerprint density at radius 2 is 2.00 bits per heavy atom. The van der Waals surface area contributed by atoms with Gasteiger partial charge >= 0.3 is 0 Å². The fourth-order valence-corrected chi connectivity index (χ4v) is 2.29. The molecule has 1 N–H and O–H groups in total. The SMILES string of the molecule is C(=N/NC1=NCCCCC1)/c1ccc2c(c1)OCCO2. The van der Waals surface area contributed by atoms with E-state index in [4.69, 9.17) is 9.47 Å². The molecule has 0 aromatic heterocycles. The van der Waals surface area contributed by atoms with Crippen LogP contribution in [0.1, 0.15) is 31.2 Å². The summed E-state index contributed by atoms with van der Waals surface area (Å²) in [6.45, 7) is 2.12. The lowest BCUT2D eigenvalue weighted by Gasteiger charge is -2.18. The van der Waals surface area contributed by atoms with Crippen molar-refractivity contribution < 1.29 is 9.47 Å². The van der Waals surface area contributed by atoms with Crippen molar-refractivity contribution in [2.45, 2.75) is 25.7 Å². The molecule has 1 aromatic carbocycles. The molecule has 0 amide bonds. The maximum Gasteiger partial charge on any atom is 0.162 e. The molecule has 5 heteroatoms. The van der Waals surface area contributed by atoms with E-state index in [1.807, 2.05) is 18.2 Å². The van der Waals surface area contributed by atoms with Crippen LogP contribution in [-0.4, -0.2) is 31.8 Å². The summed E-state index contributed by atoms with van der Waals surface area (Å²) in [6, 6.07) is 5.82. The number of nitrogens with one attached hydrogen (secondary N) is 1. The van der Waals surface area contributed by atoms with Crippen LogP contribution in [0.25, 0.3) is 0 Å². The van der Waals surface area contributed by atoms with Crippen molar-refractivity contribution in [3.63, 3.8) is 0 Å². The summed E-state index contributed by atoms with van der Waals surface area (Å²) >= 11 is 0. The Labute approximate surface area is 118 Å². The number of benzene rings is 1. The molecule has 20 heavy (non-hydrogen) atoms.